The number of esters is 1. The topological polar surface area (TPSA) is 26.3 Å². The van der Waals surface area contributed by atoms with Crippen LogP contribution in [0, 0.1) is 0 Å². The number of allylic oxidation sites excluding steroid dienone is 1. The molecule has 22 heavy (non-hydrogen) atoms. The van der Waals surface area contributed by atoms with Crippen molar-refractivity contribution in [3.05, 3.63) is 12.2 Å². The van der Waals surface area contributed by atoms with E-state index in [4.69, 9.17) is 4.74 Å². The largest absolute Gasteiger partial charge is 0.461 e. The molecule has 3 heteroatoms. The van der Waals surface area contributed by atoms with Gasteiger partial charge in [-0.1, -0.05) is 93.0 Å². The van der Waals surface area contributed by atoms with Crippen LogP contribution in [0.1, 0.15) is 90.4 Å². The smallest absolute Gasteiger partial charge is 0.306 e. The molecule has 0 rings (SSSR count). The van der Waals surface area contributed by atoms with E-state index in [1.165, 1.54) is 62.2 Å². The van der Waals surface area contributed by atoms with Gasteiger partial charge in [-0.05, 0) is 30.1 Å². The third kappa shape index (κ3) is 18.0. The summed E-state index contributed by atoms with van der Waals surface area (Å²) in [7, 11) is 0. The minimum absolute atomic E-state index is 0.0434. The predicted molar refractivity (Wildman–Crippen MR) is 105 cm³/mol. The molecule has 0 aliphatic carbocycles. The van der Waals surface area contributed by atoms with Gasteiger partial charge in [-0.2, -0.15) is 0 Å². The zero-order valence-corrected chi connectivity index (χ0v) is 16.6. The van der Waals surface area contributed by atoms with Gasteiger partial charge in [0.1, 0.15) is 6.61 Å². The lowest BCUT2D eigenvalue weighted by Gasteiger charge is -2.02. The molecular weight excluding hydrogens is 387 g/mol. The summed E-state index contributed by atoms with van der Waals surface area (Å²) in [6.07, 6.45) is 19.8. The molecule has 0 saturated heterocycles. The lowest BCUT2D eigenvalue weighted by molar-refractivity contribution is -0.142. The number of hydrogen-bond acceptors (Lipinski definition) is 2. The van der Waals surface area contributed by atoms with E-state index >= 15 is 0 Å². The van der Waals surface area contributed by atoms with Crippen LogP contribution in [0.3, 0.4) is 0 Å². The van der Waals surface area contributed by atoms with Gasteiger partial charge in [0.25, 0.3) is 0 Å². The summed E-state index contributed by atoms with van der Waals surface area (Å²) in [5, 5.41) is 0. The predicted octanol–water partition coefficient (Wildman–Crippen LogP) is 6.61. The van der Waals surface area contributed by atoms with Gasteiger partial charge >= 0.3 is 5.97 Å². The molecule has 0 heterocycles. The lowest BCUT2D eigenvalue weighted by Crippen LogP contribution is -2.03. The molecule has 0 amide bonds. The van der Waals surface area contributed by atoms with Crippen LogP contribution in [0.15, 0.2) is 12.2 Å². The Morgan fingerprint density at radius 2 is 1.50 bits per heavy atom. The summed E-state index contributed by atoms with van der Waals surface area (Å²) in [4.78, 5) is 11.5. The van der Waals surface area contributed by atoms with Crippen molar-refractivity contribution in [3.63, 3.8) is 0 Å². The van der Waals surface area contributed by atoms with Crippen LogP contribution in [-0.2, 0) is 9.53 Å². The van der Waals surface area contributed by atoms with Gasteiger partial charge in [0.2, 0.25) is 0 Å². The van der Waals surface area contributed by atoms with Crippen molar-refractivity contribution < 1.29 is 9.53 Å². The number of rotatable bonds is 16. The Morgan fingerprint density at radius 1 is 0.864 bits per heavy atom. The number of hydrogen-bond donors (Lipinski definition) is 0. The summed E-state index contributed by atoms with van der Waals surface area (Å²) >= 11 is 2.41. The van der Waals surface area contributed by atoms with Crippen LogP contribution in [0.25, 0.3) is 0 Å². The van der Waals surface area contributed by atoms with Crippen molar-refractivity contribution in [1.82, 2.24) is 0 Å². The maximum absolute atomic E-state index is 11.5. The first-order valence-corrected chi connectivity index (χ1v) is 10.7. The van der Waals surface area contributed by atoms with E-state index in [1.807, 2.05) is 6.08 Å². The number of halogens is 1. The van der Waals surface area contributed by atoms with E-state index in [2.05, 4.69) is 35.6 Å². The number of alkyl halides is 1. The summed E-state index contributed by atoms with van der Waals surface area (Å²) in [5.41, 5.74) is 0. The second-order valence-corrected chi connectivity index (χ2v) is 7.00. The van der Waals surface area contributed by atoms with Crippen molar-refractivity contribution in [1.29, 1.82) is 0 Å². The van der Waals surface area contributed by atoms with Gasteiger partial charge in [0.05, 0.1) is 0 Å². The zero-order valence-electron chi connectivity index (χ0n) is 14.5. The van der Waals surface area contributed by atoms with E-state index in [0.717, 1.165) is 19.3 Å². The third-order valence-electron chi connectivity index (χ3n) is 3.75. The molecule has 0 unspecified atom stereocenters. The van der Waals surface area contributed by atoms with Gasteiger partial charge in [-0.3, -0.25) is 4.79 Å². The van der Waals surface area contributed by atoms with Gasteiger partial charge in [-0.15, -0.1) is 0 Å². The van der Waals surface area contributed by atoms with E-state index in [0.29, 0.717) is 13.0 Å². The highest BCUT2D eigenvalue weighted by Crippen LogP contribution is 2.08. The molecule has 0 aliphatic heterocycles. The standard InChI is InChI=1S/C19H35IO2/c1-2-3-4-5-6-7-8-12-15-18-22-19(21)16-13-10-9-11-14-17-20/h12,15H,2-11,13-14,16-18H2,1H3/b15-12-. The minimum atomic E-state index is -0.0434. The van der Waals surface area contributed by atoms with Crippen LogP contribution < -0.4 is 0 Å². The molecule has 0 aromatic rings. The van der Waals surface area contributed by atoms with E-state index < -0.39 is 0 Å². The molecule has 0 aromatic heterocycles. The molecule has 0 spiro atoms. The average molecular weight is 422 g/mol. The highest BCUT2D eigenvalue weighted by Gasteiger charge is 2.00. The first-order chi connectivity index (χ1) is 10.8. The Kier molecular flexibility index (Phi) is 18.9. The molecule has 0 bridgehead atoms. The number of unbranched alkanes of at least 4 members (excludes halogenated alkanes) is 10. The lowest BCUT2D eigenvalue weighted by atomic mass is 10.1. The molecule has 2 nitrogen and oxygen atoms in total. The van der Waals surface area contributed by atoms with E-state index in [1.54, 1.807) is 0 Å². The molecular formula is C19H35IO2. The summed E-state index contributed by atoms with van der Waals surface area (Å²) < 4.78 is 6.44. The third-order valence-corrected chi connectivity index (χ3v) is 4.51. The molecule has 0 radical (unpaired) electrons. The maximum atomic E-state index is 11.5. The number of ether oxygens (including phenoxy) is 1. The number of carbonyl (C=O) groups excluding carboxylic acids is 1. The van der Waals surface area contributed by atoms with Crippen molar-refractivity contribution in [2.24, 2.45) is 0 Å². The van der Waals surface area contributed by atoms with Crippen LogP contribution in [0.5, 0.6) is 0 Å². The average Bonchev–Trinajstić information content (AvgIpc) is 2.52. The fourth-order valence-corrected chi connectivity index (χ4v) is 2.88. The SMILES string of the molecule is CCCCCCCC/C=C\COC(=O)CCCCCCCI. The van der Waals surface area contributed by atoms with Gasteiger partial charge < -0.3 is 4.74 Å². The minimum Gasteiger partial charge on any atom is -0.461 e. The molecule has 0 aliphatic rings. The number of carbonyl (C=O) groups is 1. The van der Waals surface area contributed by atoms with Crippen LogP contribution >= 0.6 is 22.6 Å². The Bertz CT molecular complexity index is 264. The highest BCUT2D eigenvalue weighted by molar-refractivity contribution is 14.1. The van der Waals surface area contributed by atoms with Crippen LogP contribution in [-0.4, -0.2) is 17.0 Å². The normalized spacial score (nSPS) is 11.2. The van der Waals surface area contributed by atoms with Crippen molar-refractivity contribution in [3.8, 4) is 0 Å². The summed E-state index contributed by atoms with van der Waals surface area (Å²) in [6, 6.07) is 0. The first kappa shape index (κ1) is 21.9. The Balaban J connectivity index is 3.24. The Hall–Kier alpha value is -0.0600. The maximum Gasteiger partial charge on any atom is 0.306 e. The zero-order chi connectivity index (χ0) is 16.3. The molecule has 0 saturated carbocycles. The molecule has 130 valence electrons. The van der Waals surface area contributed by atoms with Gasteiger partial charge in [-0.25, -0.2) is 0 Å². The van der Waals surface area contributed by atoms with Gasteiger partial charge in [0, 0.05) is 6.42 Å². The van der Waals surface area contributed by atoms with Crippen LogP contribution in [0.2, 0.25) is 0 Å². The summed E-state index contributed by atoms with van der Waals surface area (Å²) in [6.45, 7) is 2.69. The first-order valence-electron chi connectivity index (χ1n) is 9.17. The van der Waals surface area contributed by atoms with Crippen LogP contribution in [0.4, 0.5) is 0 Å². The highest BCUT2D eigenvalue weighted by atomic mass is 127. The molecule has 0 fully saturated rings. The fraction of sp³-hybridized carbons (Fsp3) is 0.842. The Labute approximate surface area is 151 Å². The van der Waals surface area contributed by atoms with Gasteiger partial charge in [0.15, 0.2) is 0 Å². The van der Waals surface area contributed by atoms with Crippen molar-refractivity contribution in [2.45, 2.75) is 90.4 Å². The molecule has 0 aromatic carbocycles. The molecule has 0 N–H and O–H groups in total. The van der Waals surface area contributed by atoms with Crippen molar-refractivity contribution in [2.75, 3.05) is 11.0 Å². The second-order valence-electron chi connectivity index (χ2n) is 5.92. The Morgan fingerprint density at radius 3 is 2.23 bits per heavy atom. The summed E-state index contributed by atoms with van der Waals surface area (Å²) in [5.74, 6) is -0.0434. The quantitative estimate of drug-likeness (QED) is 0.0920. The fourth-order valence-electron chi connectivity index (χ4n) is 2.34. The van der Waals surface area contributed by atoms with E-state index in [-0.39, 0.29) is 5.97 Å². The monoisotopic (exact) mass is 422 g/mol. The molecule has 0 atom stereocenters. The van der Waals surface area contributed by atoms with Crippen molar-refractivity contribution >= 4 is 28.6 Å². The van der Waals surface area contributed by atoms with E-state index in [9.17, 15) is 4.79 Å². The second kappa shape index (κ2) is 19.0.